The van der Waals surface area contributed by atoms with Gasteiger partial charge in [-0.1, -0.05) is 6.07 Å². The number of anilines is 1. The molecule has 4 rings (SSSR count). The smallest absolute Gasteiger partial charge is 0.241 e. The van der Waals surface area contributed by atoms with Crippen LogP contribution in [0.2, 0.25) is 0 Å². The Labute approximate surface area is 179 Å². The fourth-order valence-electron chi connectivity index (χ4n) is 3.62. The minimum atomic E-state index is -3.74. The van der Waals surface area contributed by atoms with Crippen LogP contribution >= 0.6 is 11.3 Å². The number of nitriles is 1. The molecule has 0 radical (unpaired) electrons. The van der Waals surface area contributed by atoms with E-state index in [0.717, 1.165) is 52.2 Å². The van der Waals surface area contributed by atoms with Crippen LogP contribution in [0.4, 0.5) is 5.00 Å². The average Bonchev–Trinajstić information content (AvgIpc) is 3.32. The molecule has 1 aliphatic heterocycles. The molecule has 158 valence electrons. The molecule has 2 heterocycles. The maximum atomic E-state index is 12.6. The van der Waals surface area contributed by atoms with E-state index < -0.39 is 15.9 Å². The van der Waals surface area contributed by atoms with E-state index in [1.807, 2.05) is 6.07 Å². The zero-order chi connectivity index (χ0) is 21.3. The molecule has 0 bridgehead atoms. The molecule has 10 heteroatoms. The van der Waals surface area contributed by atoms with Gasteiger partial charge in [-0.15, -0.1) is 11.3 Å². The predicted octanol–water partition coefficient (Wildman–Crippen LogP) is 2.31. The number of nitrogens with one attached hydrogen (secondary N) is 1. The molecule has 0 saturated carbocycles. The van der Waals surface area contributed by atoms with E-state index in [1.54, 1.807) is 12.1 Å². The molecule has 1 N–H and O–H groups in total. The summed E-state index contributed by atoms with van der Waals surface area (Å²) in [6, 6.07) is 7.51. The van der Waals surface area contributed by atoms with E-state index in [9.17, 15) is 18.5 Å². The van der Waals surface area contributed by atoms with Crippen molar-refractivity contribution in [1.29, 1.82) is 5.26 Å². The normalized spacial score (nSPS) is 14.7. The lowest BCUT2D eigenvalue weighted by molar-refractivity contribution is -0.119. The molecule has 30 heavy (non-hydrogen) atoms. The first kappa shape index (κ1) is 20.5. The van der Waals surface area contributed by atoms with E-state index >= 15 is 0 Å². The van der Waals surface area contributed by atoms with Gasteiger partial charge in [-0.2, -0.15) is 5.26 Å². The standard InChI is InChI=1S/C20H21N3O5S2/c1-30(25,26)23(20-15(9-21)14-4-2-3-5-18(14)29-20)11-19(24)22-10-13-6-7-16-17(8-13)28-12-27-16/h6-8H,2-5,10-12H2,1H3,(H,22,24). The number of aryl methyl sites for hydroxylation is 1. The predicted molar refractivity (Wildman–Crippen MR) is 112 cm³/mol. The van der Waals surface area contributed by atoms with Crippen molar-refractivity contribution in [3.63, 3.8) is 0 Å². The van der Waals surface area contributed by atoms with Crippen LogP contribution in [0.3, 0.4) is 0 Å². The summed E-state index contributed by atoms with van der Waals surface area (Å²) in [6.45, 7) is 0.0110. The number of benzene rings is 1. The van der Waals surface area contributed by atoms with Gasteiger partial charge in [0.1, 0.15) is 17.6 Å². The second-order valence-corrected chi connectivity index (χ2v) is 10.2. The van der Waals surface area contributed by atoms with Crippen molar-refractivity contribution in [3.05, 3.63) is 39.8 Å². The summed E-state index contributed by atoms with van der Waals surface area (Å²) in [5.41, 5.74) is 2.12. The number of hydrogen-bond acceptors (Lipinski definition) is 7. The molecule has 1 aliphatic carbocycles. The minimum absolute atomic E-state index is 0.167. The number of hydrogen-bond donors (Lipinski definition) is 1. The zero-order valence-corrected chi connectivity index (χ0v) is 18.1. The highest BCUT2D eigenvalue weighted by Crippen LogP contribution is 2.40. The fourth-order valence-corrected chi connectivity index (χ4v) is 6.13. The van der Waals surface area contributed by atoms with Crippen LogP contribution in [-0.2, 0) is 34.2 Å². The van der Waals surface area contributed by atoms with Crippen molar-refractivity contribution in [1.82, 2.24) is 5.32 Å². The van der Waals surface area contributed by atoms with Crippen LogP contribution < -0.4 is 19.1 Å². The van der Waals surface area contributed by atoms with E-state index in [1.165, 1.54) is 11.3 Å². The summed E-state index contributed by atoms with van der Waals surface area (Å²) >= 11 is 1.31. The van der Waals surface area contributed by atoms with Crippen molar-refractivity contribution in [2.75, 3.05) is 23.9 Å². The van der Waals surface area contributed by atoms with Gasteiger partial charge in [-0.3, -0.25) is 9.10 Å². The van der Waals surface area contributed by atoms with E-state index in [0.29, 0.717) is 22.1 Å². The second kappa shape index (κ2) is 8.16. The quantitative estimate of drug-likeness (QED) is 0.728. The molecule has 0 unspecified atom stereocenters. The summed E-state index contributed by atoms with van der Waals surface area (Å²) < 4.78 is 36.6. The molecular formula is C20H21N3O5S2. The number of rotatable bonds is 6. The summed E-state index contributed by atoms with van der Waals surface area (Å²) in [5.74, 6) is 0.815. The molecule has 8 nitrogen and oxygen atoms in total. The van der Waals surface area contributed by atoms with Gasteiger partial charge >= 0.3 is 0 Å². The number of ether oxygens (including phenoxy) is 2. The third-order valence-electron chi connectivity index (χ3n) is 5.11. The Morgan fingerprint density at radius 1 is 1.27 bits per heavy atom. The van der Waals surface area contributed by atoms with Crippen molar-refractivity contribution >= 4 is 32.3 Å². The van der Waals surface area contributed by atoms with Crippen molar-refractivity contribution < 1.29 is 22.7 Å². The maximum absolute atomic E-state index is 12.6. The van der Waals surface area contributed by atoms with Crippen molar-refractivity contribution in [2.45, 2.75) is 32.2 Å². The van der Waals surface area contributed by atoms with Gasteiger partial charge < -0.3 is 14.8 Å². The van der Waals surface area contributed by atoms with Gasteiger partial charge in [0, 0.05) is 11.4 Å². The molecule has 1 aromatic carbocycles. The Hall–Kier alpha value is -2.77. The van der Waals surface area contributed by atoms with Crippen LogP contribution in [0.1, 0.15) is 34.4 Å². The number of carbonyl (C=O) groups is 1. The number of carbonyl (C=O) groups excluding carboxylic acids is 1. The number of nitrogens with zero attached hydrogens (tertiary/aromatic N) is 2. The molecule has 2 aliphatic rings. The summed E-state index contributed by atoms with van der Waals surface area (Å²) in [4.78, 5) is 13.6. The Bertz CT molecular complexity index is 1130. The summed E-state index contributed by atoms with van der Waals surface area (Å²) in [6.07, 6.45) is 4.66. The van der Waals surface area contributed by atoms with Crippen molar-refractivity contribution in [2.24, 2.45) is 0 Å². The first-order valence-corrected chi connectivity index (χ1v) is 12.2. The van der Waals surface area contributed by atoms with Gasteiger partial charge in [0.05, 0.1) is 11.8 Å². The largest absolute Gasteiger partial charge is 0.454 e. The van der Waals surface area contributed by atoms with Crippen LogP contribution in [-0.4, -0.2) is 33.9 Å². The lowest BCUT2D eigenvalue weighted by Gasteiger charge is -2.20. The van der Waals surface area contributed by atoms with Gasteiger partial charge in [-0.25, -0.2) is 8.42 Å². The monoisotopic (exact) mass is 447 g/mol. The summed E-state index contributed by atoms with van der Waals surface area (Å²) in [7, 11) is -3.74. The highest BCUT2D eigenvalue weighted by molar-refractivity contribution is 7.92. The fraction of sp³-hybridized carbons (Fsp3) is 0.400. The van der Waals surface area contributed by atoms with Crippen molar-refractivity contribution in [3.8, 4) is 17.6 Å². The zero-order valence-electron chi connectivity index (χ0n) is 16.4. The van der Waals surface area contributed by atoms with Gasteiger partial charge in [-0.05, 0) is 48.9 Å². The topological polar surface area (TPSA) is 109 Å². The van der Waals surface area contributed by atoms with Gasteiger partial charge in [0.15, 0.2) is 11.5 Å². The van der Waals surface area contributed by atoms with Crippen LogP contribution in [0.15, 0.2) is 18.2 Å². The lowest BCUT2D eigenvalue weighted by atomic mass is 9.96. The first-order valence-electron chi connectivity index (χ1n) is 9.54. The molecule has 0 fully saturated rings. The third-order valence-corrected chi connectivity index (χ3v) is 7.65. The van der Waals surface area contributed by atoms with Crippen LogP contribution in [0.5, 0.6) is 11.5 Å². The molecule has 0 saturated heterocycles. The molecular weight excluding hydrogens is 426 g/mol. The third kappa shape index (κ3) is 4.08. The molecule has 1 amide bonds. The van der Waals surface area contributed by atoms with Crippen LogP contribution in [0.25, 0.3) is 0 Å². The minimum Gasteiger partial charge on any atom is -0.454 e. The Kier molecular flexibility index (Phi) is 5.58. The van der Waals surface area contributed by atoms with Crippen LogP contribution in [0, 0.1) is 11.3 Å². The highest BCUT2D eigenvalue weighted by Gasteiger charge is 2.29. The number of fused-ring (bicyclic) bond motifs is 2. The maximum Gasteiger partial charge on any atom is 0.241 e. The first-order chi connectivity index (χ1) is 14.4. The molecule has 1 aromatic heterocycles. The number of sulfonamides is 1. The van der Waals surface area contributed by atoms with Gasteiger partial charge in [0.2, 0.25) is 22.7 Å². The van der Waals surface area contributed by atoms with E-state index in [2.05, 4.69) is 11.4 Å². The molecule has 0 spiro atoms. The Balaban J connectivity index is 1.51. The SMILES string of the molecule is CS(=O)(=O)N(CC(=O)NCc1ccc2c(c1)OCO2)c1sc2c(c1C#N)CCCC2. The van der Waals surface area contributed by atoms with E-state index in [-0.39, 0.29) is 19.9 Å². The number of thiophene rings is 1. The Morgan fingerprint density at radius 2 is 2.03 bits per heavy atom. The van der Waals surface area contributed by atoms with E-state index in [4.69, 9.17) is 9.47 Å². The van der Waals surface area contributed by atoms with Gasteiger partial charge in [0.25, 0.3) is 0 Å². The second-order valence-electron chi connectivity index (χ2n) is 7.24. The molecule has 0 atom stereocenters. The molecule has 2 aromatic rings. The highest BCUT2D eigenvalue weighted by atomic mass is 32.2. The average molecular weight is 448 g/mol. The summed E-state index contributed by atoms with van der Waals surface area (Å²) in [5, 5.41) is 12.7. The lowest BCUT2D eigenvalue weighted by Crippen LogP contribution is -2.40. The Morgan fingerprint density at radius 3 is 2.80 bits per heavy atom. The number of amides is 1.